The van der Waals surface area contributed by atoms with E-state index in [4.69, 9.17) is 4.74 Å². The topological polar surface area (TPSA) is 83.8 Å². The molecule has 0 saturated carbocycles. The van der Waals surface area contributed by atoms with Crippen LogP contribution in [0.3, 0.4) is 0 Å². The second kappa shape index (κ2) is 12.6. The number of piperazine rings is 1. The van der Waals surface area contributed by atoms with E-state index < -0.39 is 10.0 Å². The van der Waals surface area contributed by atoms with Crippen molar-refractivity contribution in [2.24, 2.45) is 0 Å². The monoisotopic (exact) mass is 642 g/mol. The lowest BCUT2D eigenvalue weighted by Gasteiger charge is -2.36. The maximum atomic E-state index is 14.2. The van der Waals surface area contributed by atoms with E-state index in [0.717, 1.165) is 29.9 Å². The van der Waals surface area contributed by atoms with Crippen molar-refractivity contribution in [2.45, 2.75) is 31.1 Å². The van der Waals surface area contributed by atoms with Gasteiger partial charge in [-0.2, -0.15) is 4.31 Å². The minimum atomic E-state index is -4.01. The molecule has 1 aromatic heterocycles. The highest BCUT2D eigenvalue weighted by Gasteiger charge is 2.33. The van der Waals surface area contributed by atoms with E-state index in [1.165, 1.54) is 22.5 Å². The van der Waals surface area contributed by atoms with Gasteiger partial charge in [0.15, 0.2) is 0 Å². The summed E-state index contributed by atoms with van der Waals surface area (Å²) in [6.07, 6.45) is 1.68. The number of sulfonamides is 1. The number of hydrogen-bond donors (Lipinski definition) is 0. The zero-order valence-corrected chi connectivity index (χ0v) is 25.8. The molecule has 0 N–H and O–H groups in total. The highest BCUT2D eigenvalue weighted by atomic mass is 32.2. The molecule has 0 atom stereocenters. The number of aromatic nitrogens is 3. The molecule has 0 aliphatic carbocycles. The molecule has 3 heterocycles. The second-order valence-corrected chi connectivity index (χ2v) is 13.4. The van der Waals surface area contributed by atoms with Crippen LogP contribution < -0.4 is 9.64 Å². The van der Waals surface area contributed by atoms with Gasteiger partial charge in [-0.15, -0.1) is 5.10 Å². The van der Waals surface area contributed by atoms with Crippen LogP contribution in [0.1, 0.15) is 22.4 Å². The van der Waals surface area contributed by atoms with Gasteiger partial charge in [0, 0.05) is 62.1 Å². The van der Waals surface area contributed by atoms with E-state index in [0.29, 0.717) is 43.2 Å². The Hall–Kier alpha value is -4.65. The molecule has 0 bridgehead atoms. The van der Waals surface area contributed by atoms with Crippen molar-refractivity contribution in [3.05, 3.63) is 131 Å². The van der Waals surface area contributed by atoms with Crippen LogP contribution in [0, 0.1) is 11.6 Å². The Balaban J connectivity index is 1.12. The van der Waals surface area contributed by atoms with Crippen LogP contribution in [0.25, 0.3) is 0 Å². The number of nitrogens with zero attached hydrogens (tertiary/aromatic N) is 6. The van der Waals surface area contributed by atoms with E-state index in [1.54, 1.807) is 41.2 Å². The SMILES string of the molecule is O=S1(=O)c2ccc(N3CCN(Cc4ccccc4F)CC3)cc2Oc2ccccc2CN1Cc1cn(Cc2cccc(F)c2)nn1. The molecule has 4 aromatic carbocycles. The number of rotatable bonds is 7. The third-order valence-electron chi connectivity index (χ3n) is 8.33. The highest BCUT2D eigenvalue weighted by Crippen LogP contribution is 2.39. The average molecular weight is 643 g/mol. The summed E-state index contributed by atoms with van der Waals surface area (Å²) in [6, 6.07) is 25.7. The lowest BCUT2D eigenvalue weighted by molar-refractivity contribution is 0.246. The van der Waals surface area contributed by atoms with Crippen LogP contribution in [0.5, 0.6) is 11.5 Å². The fourth-order valence-corrected chi connectivity index (χ4v) is 7.40. The van der Waals surface area contributed by atoms with Crippen molar-refractivity contribution in [3.63, 3.8) is 0 Å². The van der Waals surface area contributed by atoms with Crippen molar-refractivity contribution in [1.82, 2.24) is 24.2 Å². The van der Waals surface area contributed by atoms with E-state index >= 15 is 0 Å². The Morgan fingerprint density at radius 2 is 1.59 bits per heavy atom. The van der Waals surface area contributed by atoms with Crippen LogP contribution in [-0.4, -0.2) is 58.8 Å². The van der Waals surface area contributed by atoms with Gasteiger partial charge in [0.25, 0.3) is 0 Å². The molecule has 2 aliphatic heterocycles. The molecule has 0 unspecified atom stereocenters. The van der Waals surface area contributed by atoms with Crippen LogP contribution in [0.15, 0.2) is 102 Å². The molecule has 12 heteroatoms. The maximum Gasteiger partial charge on any atom is 0.247 e. The Bertz CT molecular complexity index is 1980. The summed E-state index contributed by atoms with van der Waals surface area (Å²) in [6.45, 7) is 3.80. The van der Waals surface area contributed by atoms with E-state index in [9.17, 15) is 17.2 Å². The standard InChI is InChI=1S/C34H32F2N6O3S/c35-28-9-5-6-25(18-28)20-41-23-29(37-38-41)24-42-22-27-8-2-4-11-32(27)45-33-19-30(12-13-34(33)46(42,43)44)40-16-14-39(15-17-40)21-26-7-1-3-10-31(26)36/h1-13,18-19,23H,14-17,20-22,24H2. The molecule has 2 aliphatic rings. The number of ether oxygens (including phenoxy) is 1. The number of halogens is 2. The number of para-hydroxylation sites is 1. The molecular formula is C34H32F2N6O3S. The molecule has 46 heavy (non-hydrogen) atoms. The van der Waals surface area contributed by atoms with Gasteiger partial charge in [0.05, 0.1) is 25.0 Å². The first-order chi connectivity index (χ1) is 22.3. The summed E-state index contributed by atoms with van der Waals surface area (Å²) in [5.74, 6) is 0.283. The second-order valence-electron chi connectivity index (χ2n) is 11.5. The minimum Gasteiger partial charge on any atom is -0.456 e. The van der Waals surface area contributed by atoms with Crippen molar-refractivity contribution >= 4 is 15.7 Å². The van der Waals surface area contributed by atoms with Gasteiger partial charge in [-0.05, 0) is 42.0 Å². The minimum absolute atomic E-state index is 0.00895. The van der Waals surface area contributed by atoms with Gasteiger partial charge < -0.3 is 9.64 Å². The van der Waals surface area contributed by atoms with Crippen molar-refractivity contribution in [2.75, 3.05) is 31.1 Å². The predicted octanol–water partition coefficient (Wildman–Crippen LogP) is 5.42. The fraction of sp³-hybridized carbons (Fsp3) is 0.235. The number of fused-ring (bicyclic) bond motifs is 2. The Labute approximate surface area is 266 Å². The largest absolute Gasteiger partial charge is 0.456 e. The first-order valence-electron chi connectivity index (χ1n) is 15.1. The van der Waals surface area contributed by atoms with Crippen molar-refractivity contribution < 1.29 is 21.9 Å². The fourth-order valence-electron chi connectivity index (χ4n) is 5.92. The molecular weight excluding hydrogens is 610 g/mol. The van der Waals surface area contributed by atoms with Crippen LogP contribution in [0.2, 0.25) is 0 Å². The smallest absolute Gasteiger partial charge is 0.247 e. The zero-order chi connectivity index (χ0) is 31.7. The molecule has 9 nitrogen and oxygen atoms in total. The predicted molar refractivity (Wildman–Crippen MR) is 169 cm³/mol. The van der Waals surface area contributed by atoms with Gasteiger partial charge >= 0.3 is 0 Å². The van der Waals surface area contributed by atoms with Gasteiger partial charge in [0.2, 0.25) is 10.0 Å². The molecule has 7 rings (SSSR count). The summed E-state index contributed by atoms with van der Waals surface area (Å²) >= 11 is 0. The molecule has 236 valence electrons. The lowest BCUT2D eigenvalue weighted by Crippen LogP contribution is -2.46. The summed E-state index contributed by atoms with van der Waals surface area (Å²) in [5.41, 5.74) is 3.43. The van der Waals surface area contributed by atoms with E-state index in [2.05, 4.69) is 20.1 Å². The zero-order valence-electron chi connectivity index (χ0n) is 25.0. The average Bonchev–Trinajstić information content (AvgIpc) is 3.49. The van der Waals surface area contributed by atoms with E-state index in [-0.39, 0.29) is 35.4 Å². The van der Waals surface area contributed by atoms with Crippen LogP contribution in [0.4, 0.5) is 14.5 Å². The van der Waals surface area contributed by atoms with Crippen LogP contribution >= 0.6 is 0 Å². The Morgan fingerprint density at radius 3 is 2.41 bits per heavy atom. The first-order valence-corrected chi connectivity index (χ1v) is 16.5. The van der Waals surface area contributed by atoms with Gasteiger partial charge in [-0.3, -0.25) is 4.90 Å². The summed E-state index contributed by atoms with van der Waals surface area (Å²) in [5, 5.41) is 8.38. The maximum absolute atomic E-state index is 14.2. The summed E-state index contributed by atoms with van der Waals surface area (Å²) in [4.78, 5) is 4.47. The van der Waals surface area contributed by atoms with Crippen molar-refractivity contribution in [1.29, 1.82) is 0 Å². The molecule has 5 aromatic rings. The molecule has 0 amide bonds. The van der Waals surface area contributed by atoms with Crippen LogP contribution in [-0.2, 0) is 36.2 Å². The number of benzene rings is 4. The lowest BCUT2D eigenvalue weighted by atomic mass is 10.1. The first kappa shape index (κ1) is 30.0. The molecule has 1 fully saturated rings. The number of anilines is 1. The van der Waals surface area contributed by atoms with Gasteiger partial charge in [-0.25, -0.2) is 21.9 Å². The van der Waals surface area contributed by atoms with Gasteiger partial charge in [-0.1, -0.05) is 53.7 Å². The molecule has 0 spiro atoms. The third-order valence-corrected chi connectivity index (χ3v) is 10.2. The quantitative estimate of drug-likeness (QED) is 0.234. The van der Waals surface area contributed by atoms with E-state index in [1.807, 2.05) is 42.5 Å². The molecule has 1 saturated heterocycles. The normalized spacial score (nSPS) is 16.6. The summed E-state index contributed by atoms with van der Waals surface area (Å²) in [7, 11) is -4.01. The Kier molecular flexibility index (Phi) is 8.24. The van der Waals surface area contributed by atoms with Gasteiger partial charge in [0.1, 0.15) is 28.0 Å². The summed E-state index contributed by atoms with van der Waals surface area (Å²) < 4.78 is 65.4. The highest BCUT2D eigenvalue weighted by molar-refractivity contribution is 7.89. The Morgan fingerprint density at radius 1 is 0.783 bits per heavy atom. The molecule has 0 radical (unpaired) electrons. The number of hydrogen-bond acceptors (Lipinski definition) is 7. The third kappa shape index (κ3) is 6.37. The van der Waals surface area contributed by atoms with Crippen molar-refractivity contribution in [3.8, 4) is 11.5 Å².